The van der Waals surface area contributed by atoms with Crippen LogP contribution in [0.2, 0.25) is 0 Å². The summed E-state index contributed by atoms with van der Waals surface area (Å²) in [5, 5.41) is 15.9. The van der Waals surface area contributed by atoms with Gasteiger partial charge in [-0.1, -0.05) is 18.2 Å². The van der Waals surface area contributed by atoms with Crippen LogP contribution in [0.5, 0.6) is 0 Å². The molecule has 16 heavy (non-hydrogen) atoms. The maximum atomic E-state index is 10.5. The Bertz CT molecular complexity index is 395. The molecule has 88 valence electrons. The number of amidine groups is 1. The second-order valence-corrected chi connectivity index (χ2v) is 3.26. The fourth-order valence-electron chi connectivity index (χ4n) is 1.21. The van der Waals surface area contributed by atoms with E-state index in [0.717, 1.165) is 5.56 Å². The molecule has 0 fully saturated rings. The van der Waals surface area contributed by atoms with Crippen LogP contribution in [0.4, 0.5) is 0 Å². The van der Waals surface area contributed by atoms with Crippen molar-refractivity contribution in [1.29, 1.82) is 5.41 Å². The second kappa shape index (κ2) is 6.09. The molecule has 0 radical (unpaired) electrons. The maximum absolute atomic E-state index is 10.5. The van der Waals surface area contributed by atoms with Gasteiger partial charge in [0.05, 0.1) is 0 Å². The van der Waals surface area contributed by atoms with Crippen LogP contribution >= 0.6 is 12.4 Å². The predicted octanol–water partition coefficient (Wildman–Crippen LogP) is 0.347. The molecule has 0 spiro atoms. The van der Waals surface area contributed by atoms with Gasteiger partial charge in [0.1, 0.15) is 11.9 Å². The Hall–Kier alpha value is -1.59. The first-order valence-electron chi connectivity index (χ1n) is 4.42. The lowest BCUT2D eigenvalue weighted by molar-refractivity contribution is -0.138. The number of halogens is 1. The molecule has 0 saturated heterocycles. The van der Waals surface area contributed by atoms with Crippen molar-refractivity contribution >= 4 is 24.2 Å². The molecule has 1 atom stereocenters. The molecule has 0 aliphatic rings. The van der Waals surface area contributed by atoms with Gasteiger partial charge in [0, 0.05) is 5.56 Å². The summed E-state index contributed by atoms with van der Waals surface area (Å²) >= 11 is 0. The van der Waals surface area contributed by atoms with Gasteiger partial charge in [-0.2, -0.15) is 0 Å². The third-order valence-corrected chi connectivity index (χ3v) is 2.01. The zero-order valence-electron chi connectivity index (χ0n) is 8.51. The van der Waals surface area contributed by atoms with E-state index in [0.29, 0.717) is 5.56 Å². The molecule has 0 amide bonds. The lowest BCUT2D eigenvalue weighted by atomic mass is 10.0. The van der Waals surface area contributed by atoms with Crippen LogP contribution in [-0.2, 0) is 11.2 Å². The molecular weight excluding hydrogens is 230 g/mol. The monoisotopic (exact) mass is 243 g/mol. The highest BCUT2D eigenvalue weighted by Gasteiger charge is 2.12. The number of nitrogens with two attached hydrogens (primary N) is 2. The smallest absolute Gasteiger partial charge is 0.320 e. The van der Waals surface area contributed by atoms with Gasteiger partial charge in [-0.05, 0) is 18.1 Å². The number of benzene rings is 1. The molecule has 6 N–H and O–H groups in total. The average Bonchev–Trinajstić information content (AvgIpc) is 2.18. The fraction of sp³-hybridized carbons (Fsp3) is 0.200. The number of aliphatic carboxylic acids is 1. The van der Waals surface area contributed by atoms with E-state index in [2.05, 4.69) is 0 Å². The van der Waals surface area contributed by atoms with Gasteiger partial charge in [-0.15, -0.1) is 12.4 Å². The molecule has 0 heterocycles. The predicted molar refractivity (Wildman–Crippen MR) is 64.0 cm³/mol. The number of hydrogen-bond acceptors (Lipinski definition) is 3. The molecule has 0 aliphatic carbocycles. The van der Waals surface area contributed by atoms with E-state index in [4.69, 9.17) is 22.0 Å². The van der Waals surface area contributed by atoms with Crippen molar-refractivity contribution in [1.82, 2.24) is 0 Å². The van der Waals surface area contributed by atoms with E-state index < -0.39 is 12.0 Å². The Morgan fingerprint density at radius 2 is 2.12 bits per heavy atom. The van der Waals surface area contributed by atoms with E-state index in [-0.39, 0.29) is 24.7 Å². The van der Waals surface area contributed by atoms with Crippen LogP contribution in [0.3, 0.4) is 0 Å². The Balaban J connectivity index is 0.00000225. The first kappa shape index (κ1) is 14.4. The van der Waals surface area contributed by atoms with Crippen molar-refractivity contribution < 1.29 is 9.90 Å². The quantitative estimate of drug-likeness (QED) is 0.451. The zero-order valence-corrected chi connectivity index (χ0v) is 9.33. The van der Waals surface area contributed by atoms with Crippen molar-refractivity contribution in [3.8, 4) is 0 Å². The third-order valence-electron chi connectivity index (χ3n) is 2.01. The van der Waals surface area contributed by atoms with Crippen LogP contribution in [0.25, 0.3) is 0 Å². The Morgan fingerprint density at radius 1 is 1.50 bits per heavy atom. The highest BCUT2D eigenvalue weighted by atomic mass is 35.5. The number of carbonyl (C=O) groups is 1. The summed E-state index contributed by atoms with van der Waals surface area (Å²) < 4.78 is 0. The summed E-state index contributed by atoms with van der Waals surface area (Å²) in [5.74, 6) is -1.08. The standard InChI is InChI=1S/C10H13N3O2.ClH/c11-8(10(14)15)5-6-2-1-3-7(4-6)9(12)13;/h1-4,8H,5,11H2,(H3,12,13)(H,14,15);1H/t8-;/m0./s1. The van der Waals surface area contributed by atoms with Crippen molar-refractivity contribution in [2.75, 3.05) is 0 Å². The SMILES string of the molecule is Cl.N=C(N)c1cccc(C[C@H](N)C(=O)O)c1. The summed E-state index contributed by atoms with van der Waals surface area (Å²) in [4.78, 5) is 10.5. The number of carboxylic acid groups (broad SMARTS) is 1. The van der Waals surface area contributed by atoms with Gasteiger partial charge in [-0.25, -0.2) is 0 Å². The Labute approximate surface area is 99.4 Å². The van der Waals surface area contributed by atoms with Crippen molar-refractivity contribution in [3.63, 3.8) is 0 Å². The number of hydrogen-bond donors (Lipinski definition) is 4. The minimum atomic E-state index is -1.04. The molecule has 1 aromatic rings. The third kappa shape index (κ3) is 3.88. The lowest BCUT2D eigenvalue weighted by Gasteiger charge is -2.07. The van der Waals surface area contributed by atoms with E-state index in [1.807, 2.05) is 0 Å². The minimum absolute atomic E-state index is 0. The van der Waals surface area contributed by atoms with E-state index in [9.17, 15) is 4.79 Å². The molecule has 0 aliphatic heterocycles. The topological polar surface area (TPSA) is 113 Å². The number of carboxylic acids is 1. The number of nitrogens with one attached hydrogen (secondary N) is 1. The lowest BCUT2D eigenvalue weighted by Crippen LogP contribution is -2.32. The molecule has 0 saturated carbocycles. The highest BCUT2D eigenvalue weighted by Crippen LogP contribution is 2.06. The summed E-state index contributed by atoms with van der Waals surface area (Å²) in [6.07, 6.45) is 0.233. The van der Waals surface area contributed by atoms with Crippen molar-refractivity contribution in [3.05, 3.63) is 35.4 Å². The molecule has 0 aromatic heterocycles. The van der Waals surface area contributed by atoms with Crippen LogP contribution in [0.1, 0.15) is 11.1 Å². The summed E-state index contributed by atoms with van der Waals surface area (Å²) in [7, 11) is 0. The minimum Gasteiger partial charge on any atom is -0.480 e. The summed E-state index contributed by atoms with van der Waals surface area (Å²) in [6, 6.07) is 5.92. The van der Waals surface area contributed by atoms with E-state index in [1.54, 1.807) is 24.3 Å². The number of rotatable bonds is 4. The largest absolute Gasteiger partial charge is 0.480 e. The number of nitrogen functional groups attached to an aromatic ring is 1. The summed E-state index contributed by atoms with van der Waals surface area (Å²) in [6.45, 7) is 0. The molecule has 1 aromatic carbocycles. The average molecular weight is 244 g/mol. The first-order chi connectivity index (χ1) is 7.00. The molecule has 0 bridgehead atoms. The van der Waals surface area contributed by atoms with Crippen LogP contribution in [0, 0.1) is 5.41 Å². The van der Waals surface area contributed by atoms with Gasteiger partial charge >= 0.3 is 5.97 Å². The molecular formula is C10H14ClN3O2. The van der Waals surface area contributed by atoms with Gasteiger partial charge in [0.2, 0.25) is 0 Å². The highest BCUT2D eigenvalue weighted by molar-refractivity contribution is 5.95. The second-order valence-electron chi connectivity index (χ2n) is 3.26. The normalized spacial score (nSPS) is 11.3. The Kier molecular flexibility index (Phi) is 5.49. The van der Waals surface area contributed by atoms with Crippen LogP contribution < -0.4 is 11.5 Å². The molecule has 5 nitrogen and oxygen atoms in total. The maximum Gasteiger partial charge on any atom is 0.320 e. The molecule has 0 unspecified atom stereocenters. The summed E-state index contributed by atoms with van der Waals surface area (Å²) in [5.41, 5.74) is 12.0. The van der Waals surface area contributed by atoms with Crippen LogP contribution in [-0.4, -0.2) is 23.0 Å². The van der Waals surface area contributed by atoms with E-state index in [1.165, 1.54) is 0 Å². The Morgan fingerprint density at radius 3 is 2.62 bits per heavy atom. The van der Waals surface area contributed by atoms with Gasteiger partial charge in [0.25, 0.3) is 0 Å². The first-order valence-corrected chi connectivity index (χ1v) is 4.42. The van der Waals surface area contributed by atoms with Crippen molar-refractivity contribution in [2.45, 2.75) is 12.5 Å². The van der Waals surface area contributed by atoms with E-state index >= 15 is 0 Å². The zero-order chi connectivity index (χ0) is 11.4. The van der Waals surface area contributed by atoms with Gasteiger partial charge in [-0.3, -0.25) is 10.2 Å². The van der Waals surface area contributed by atoms with Gasteiger partial charge < -0.3 is 16.6 Å². The molecule has 1 rings (SSSR count). The fourth-order valence-corrected chi connectivity index (χ4v) is 1.21. The molecule has 6 heteroatoms. The van der Waals surface area contributed by atoms with Crippen molar-refractivity contribution in [2.24, 2.45) is 11.5 Å². The van der Waals surface area contributed by atoms with Gasteiger partial charge in [0.15, 0.2) is 0 Å². The van der Waals surface area contributed by atoms with Crippen LogP contribution in [0.15, 0.2) is 24.3 Å².